The van der Waals surface area contributed by atoms with Crippen LogP contribution in [0.1, 0.15) is 23.2 Å². The molecule has 1 aromatic rings. The second kappa shape index (κ2) is 3.20. The van der Waals surface area contributed by atoms with E-state index in [1.165, 1.54) is 24.3 Å². The van der Waals surface area contributed by atoms with Crippen molar-refractivity contribution in [2.24, 2.45) is 0 Å². The van der Waals surface area contributed by atoms with Crippen LogP contribution in [0.25, 0.3) is 0 Å². The molecule has 0 aromatic heterocycles. The topological polar surface area (TPSA) is 51.2 Å². The maximum atomic E-state index is 11.7. The average molecular weight is 210 g/mol. The van der Waals surface area contributed by atoms with Crippen molar-refractivity contribution >= 4 is 16.1 Å². The summed E-state index contributed by atoms with van der Waals surface area (Å²) in [6.07, 6.45) is 2.23. The summed E-state index contributed by atoms with van der Waals surface area (Å²) >= 11 is 0. The normalized spacial score (nSPS) is 16.6. The van der Waals surface area contributed by atoms with E-state index < -0.39 is 9.84 Å². The molecule has 1 aromatic carbocycles. The van der Waals surface area contributed by atoms with E-state index in [1.54, 1.807) is 0 Å². The minimum Gasteiger partial charge on any atom is -0.298 e. The van der Waals surface area contributed by atoms with Crippen molar-refractivity contribution in [3.8, 4) is 0 Å². The third-order valence-electron chi connectivity index (χ3n) is 2.31. The van der Waals surface area contributed by atoms with Crippen LogP contribution < -0.4 is 0 Å². The van der Waals surface area contributed by atoms with Crippen LogP contribution in [-0.2, 0) is 9.84 Å². The van der Waals surface area contributed by atoms with Gasteiger partial charge in [-0.25, -0.2) is 8.42 Å². The molecule has 0 atom stereocenters. The van der Waals surface area contributed by atoms with Crippen LogP contribution in [0.15, 0.2) is 29.2 Å². The summed E-state index contributed by atoms with van der Waals surface area (Å²) in [5.74, 6) is 0. The highest BCUT2D eigenvalue weighted by Crippen LogP contribution is 2.33. The van der Waals surface area contributed by atoms with Gasteiger partial charge in [-0.1, -0.05) is 12.1 Å². The number of hydrogen-bond acceptors (Lipinski definition) is 3. The Bertz CT molecular complexity index is 441. The van der Waals surface area contributed by atoms with Crippen molar-refractivity contribution in [3.63, 3.8) is 0 Å². The molecule has 1 aliphatic rings. The molecule has 0 heterocycles. The van der Waals surface area contributed by atoms with Crippen molar-refractivity contribution in [1.82, 2.24) is 0 Å². The van der Waals surface area contributed by atoms with Crippen molar-refractivity contribution in [2.75, 3.05) is 0 Å². The van der Waals surface area contributed by atoms with Crippen LogP contribution in [0.5, 0.6) is 0 Å². The molecule has 0 saturated heterocycles. The first-order valence-electron chi connectivity index (χ1n) is 4.44. The van der Waals surface area contributed by atoms with Gasteiger partial charge >= 0.3 is 0 Å². The molecule has 0 N–H and O–H groups in total. The zero-order chi connectivity index (χ0) is 10.2. The van der Waals surface area contributed by atoms with Gasteiger partial charge in [0.2, 0.25) is 0 Å². The third kappa shape index (κ3) is 1.57. The van der Waals surface area contributed by atoms with Crippen LogP contribution in [0.3, 0.4) is 0 Å². The van der Waals surface area contributed by atoms with Crippen molar-refractivity contribution in [3.05, 3.63) is 29.8 Å². The lowest BCUT2D eigenvalue weighted by Crippen LogP contribution is -2.06. The number of rotatable bonds is 3. The summed E-state index contributed by atoms with van der Waals surface area (Å²) in [6.45, 7) is 0. The summed E-state index contributed by atoms with van der Waals surface area (Å²) in [5.41, 5.74) is 0.500. The molecule has 74 valence electrons. The van der Waals surface area contributed by atoms with Gasteiger partial charge in [0, 0.05) is 5.56 Å². The molecule has 3 nitrogen and oxygen atoms in total. The predicted octanol–water partition coefficient (Wildman–Crippen LogP) is 1.44. The average Bonchev–Trinajstić information content (AvgIpc) is 3.01. The number of sulfone groups is 1. The van der Waals surface area contributed by atoms with Crippen molar-refractivity contribution < 1.29 is 13.2 Å². The highest BCUT2D eigenvalue weighted by atomic mass is 32.2. The fourth-order valence-electron chi connectivity index (χ4n) is 1.31. The highest BCUT2D eigenvalue weighted by molar-refractivity contribution is 7.92. The molecule has 0 aliphatic heterocycles. The molecular formula is C10H10O3S. The standard InChI is InChI=1S/C10H10O3S/c11-7-8-1-3-9(4-2-8)14(12,13)10-5-6-10/h1-4,7,10H,5-6H2. The smallest absolute Gasteiger partial charge is 0.181 e. The van der Waals surface area contributed by atoms with Gasteiger partial charge in [-0.3, -0.25) is 4.79 Å². The Kier molecular flexibility index (Phi) is 2.15. The SMILES string of the molecule is O=Cc1ccc(S(=O)(=O)C2CC2)cc1. The second-order valence-corrected chi connectivity index (χ2v) is 5.66. The quantitative estimate of drug-likeness (QED) is 0.709. The Morgan fingerprint density at radius 1 is 1.14 bits per heavy atom. The molecule has 1 aliphatic carbocycles. The van der Waals surface area contributed by atoms with E-state index in [0.717, 1.165) is 12.8 Å². The summed E-state index contributed by atoms with van der Waals surface area (Å²) in [6, 6.07) is 6.05. The van der Waals surface area contributed by atoms with Gasteiger partial charge in [-0.2, -0.15) is 0 Å². The Hall–Kier alpha value is -1.16. The maximum Gasteiger partial charge on any atom is 0.181 e. The summed E-state index contributed by atoms with van der Waals surface area (Å²) < 4.78 is 23.4. The first kappa shape index (κ1) is 9.40. The number of carbonyl (C=O) groups excluding carboxylic acids is 1. The summed E-state index contributed by atoms with van der Waals surface area (Å²) in [7, 11) is -3.11. The fraction of sp³-hybridized carbons (Fsp3) is 0.300. The van der Waals surface area contributed by atoms with Gasteiger partial charge in [-0.15, -0.1) is 0 Å². The molecule has 4 heteroatoms. The van der Waals surface area contributed by atoms with Crippen LogP contribution in [0.2, 0.25) is 0 Å². The minimum atomic E-state index is -3.11. The van der Waals surface area contributed by atoms with Gasteiger partial charge in [0.25, 0.3) is 0 Å². The van der Waals surface area contributed by atoms with Crippen LogP contribution in [0.4, 0.5) is 0 Å². The summed E-state index contributed by atoms with van der Waals surface area (Å²) in [4.78, 5) is 10.7. The maximum absolute atomic E-state index is 11.7. The van der Waals surface area contributed by atoms with E-state index >= 15 is 0 Å². The summed E-state index contributed by atoms with van der Waals surface area (Å²) in [5, 5.41) is -0.190. The molecule has 14 heavy (non-hydrogen) atoms. The van der Waals surface area contributed by atoms with Gasteiger partial charge in [0.1, 0.15) is 6.29 Å². The molecule has 0 spiro atoms. The lowest BCUT2D eigenvalue weighted by molar-refractivity contribution is 0.112. The lowest BCUT2D eigenvalue weighted by atomic mass is 10.2. The predicted molar refractivity (Wildman–Crippen MR) is 52.0 cm³/mol. The number of benzene rings is 1. The lowest BCUT2D eigenvalue weighted by Gasteiger charge is -2.01. The fourth-order valence-corrected chi connectivity index (χ4v) is 2.96. The van der Waals surface area contributed by atoms with Crippen LogP contribution >= 0.6 is 0 Å². The highest BCUT2D eigenvalue weighted by Gasteiger charge is 2.36. The molecule has 1 fully saturated rings. The zero-order valence-electron chi connectivity index (χ0n) is 7.51. The molecule has 0 unspecified atom stereocenters. The molecule has 2 rings (SSSR count). The van der Waals surface area contributed by atoms with Crippen LogP contribution in [0, 0.1) is 0 Å². The zero-order valence-corrected chi connectivity index (χ0v) is 8.33. The van der Waals surface area contributed by atoms with E-state index in [9.17, 15) is 13.2 Å². The Balaban J connectivity index is 2.37. The monoisotopic (exact) mass is 210 g/mol. The first-order chi connectivity index (χ1) is 6.64. The van der Waals surface area contributed by atoms with E-state index in [1.807, 2.05) is 0 Å². The largest absolute Gasteiger partial charge is 0.298 e. The number of aldehydes is 1. The Labute approximate surface area is 82.7 Å². The third-order valence-corrected chi connectivity index (χ3v) is 4.59. The number of hydrogen-bond donors (Lipinski definition) is 0. The van der Waals surface area contributed by atoms with Gasteiger partial charge < -0.3 is 0 Å². The molecule has 0 amide bonds. The van der Waals surface area contributed by atoms with E-state index in [0.29, 0.717) is 16.7 Å². The Morgan fingerprint density at radius 2 is 1.71 bits per heavy atom. The van der Waals surface area contributed by atoms with Crippen molar-refractivity contribution in [1.29, 1.82) is 0 Å². The Morgan fingerprint density at radius 3 is 2.14 bits per heavy atom. The number of carbonyl (C=O) groups is 1. The van der Waals surface area contributed by atoms with Gasteiger partial charge in [0.05, 0.1) is 10.1 Å². The molecule has 0 bridgehead atoms. The van der Waals surface area contributed by atoms with Gasteiger partial charge in [-0.05, 0) is 25.0 Å². The first-order valence-corrected chi connectivity index (χ1v) is 5.98. The second-order valence-electron chi connectivity index (χ2n) is 3.43. The molecule has 1 saturated carbocycles. The minimum absolute atomic E-state index is 0.190. The van der Waals surface area contributed by atoms with Gasteiger partial charge in [0.15, 0.2) is 9.84 Å². The molecule has 0 radical (unpaired) electrons. The van der Waals surface area contributed by atoms with E-state index in [-0.39, 0.29) is 5.25 Å². The van der Waals surface area contributed by atoms with Crippen molar-refractivity contribution in [2.45, 2.75) is 23.0 Å². The van der Waals surface area contributed by atoms with E-state index in [2.05, 4.69) is 0 Å². The molecular weight excluding hydrogens is 200 g/mol. The van der Waals surface area contributed by atoms with E-state index in [4.69, 9.17) is 0 Å². The van der Waals surface area contributed by atoms with Crippen LogP contribution in [-0.4, -0.2) is 20.0 Å².